The topological polar surface area (TPSA) is 70.1 Å². The number of halogens is 1. The summed E-state index contributed by atoms with van der Waals surface area (Å²) in [4.78, 5) is 4.28. The summed E-state index contributed by atoms with van der Waals surface area (Å²) >= 11 is 0. The lowest BCUT2D eigenvalue weighted by Gasteiger charge is -2.10. The Morgan fingerprint density at radius 1 is 1.35 bits per heavy atom. The van der Waals surface area contributed by atoms with Gasteiger partial charge >= 0.3 is 0 Å². The number of nitrogens with zero attached hydrogens (tertiary/aromatic N) is 2. The van der Waals surface area contributed by atoms with Gasteiger partial charge in [0, 0.05) is 11.5 Å². The molecule has 0 saturated carbocycles. The molecule has 1 aromatic heterocycles. The molecule has 0 fully saturated rings. The number of nitriles is 1. The van der Waals surface area contributed by atoms with Crippen LogP contribution in [0, 0.1) is 24.1 Å². The highest BCUT2D eigenvalue weighted by Crippen LogP contribution is 2.37. The Kier molecular flexibility index (Phi) is 3.53. The fourth-order valence-electron chi connectivity index (χ4n) is 2.62. The average Bonchev–Trinajstić information content (AvgIpc) is 2.93. The lowest BCUT2D eigenvalue weighted by Crippen LogP contribution is -1.95. The zero-order valence-corrected chi connectivity index (χ0v) is 13.0. The molecular formula is C18H15FN2O2. The zero-order valence-electron chi connectivity index (χ0n) is 13.0. The third kappa shape index (κ3) is 2.33. The van der Waals surface area contributed by atoms with Crippen LogP contribution < -0.4 is 0 Å². The molecule has 0 aliphatic carbocycles. The van der Waals surface area contributed by atoms with E-state index in [0.717, 1.165) is 0 Å². The SMILES string of the molecule is Cc1c(-c2cccc(O)c2)c(F)c2oc(C(C)C)nc2c1C#N. The molecule has 1 N–H and O–H groups in total. The summed E-state index contributed by atoms with van der Waals surface area (Å²) < 4.78 is 20.6. The van der Waals surface area contributed by atoms with Crippen LogP contribution in [0.15, 0.2) is 28.7 Å². The number of benzene rings is 2. The minimum Gasteiger partial charge on any atom is -0.508 e. The maximum absolute atomic E-state index is 15.0. The van der Waals surface area contributed by atoms with Crippen molar-refractivity contribution in [2.75, 3.05) is 0 Å². The smallest absolute Gasteiger partial charge is 0.198 e. The molecular weight excluding hydrogens is 295 g/mol. The lowest BCUT2D eigenvalue weighted by molar-refractivity contribution is 0.475. The predicted molar refractivity (Wildman–Crippen MR) is 84.6 cm³/mol. The summed E-state index contributed by atoms with van der Waals surface area (Å²) in [5, 5.41) is 19.1. The summed E-state index contributed by atoms with van der Waals surface area (Å²) in [7, 11) is 0. The van der Waals surface area contributed by atoms with Crippen LogP contribution in [0.4, 0.5) is 4.39 Å². The number of oxazole rings is 1. The second-order valence-electron chi connectivity index (χ2n) is 5.74. The molecule has 3 rings (SSSR count). The highest BCUT2D eigenvalue weighted by Gasteiger charge is 2.24. The van der Waals surface area contributed by atoms with Gasteiger partial charge in [-0.2, -0.15) is 5.26 Å². The third-order valence-corrected chi connectivity index (χ3v) is 3.79. The lowest BCUT2D eigenvalue weighted by atomic mass is 9.95. The molecule has 0 aliphatic heterocycles. The highest BCUT2D eigenvalue weighted by molar-refractivity contribution is 5.89. The van der Waals surface area contributed by atoms with E-state index in [-0.39, 0.29) is 33.9 Å². The average molecular weight is 310 g/mol. The Morgan fingerprint density at radius 3 is 2.70 bits per heavy atom. The summed E-state index contributed by atoms with van der Waals surface area (Å²) in [6, 6.07) is 8.36. The molecule has 0 atom stereocenters. The van der Waals surface area contributed by atoms with E-state index < -0.39 is 5.82 Å². The quantitative estimate of drug-likeness (QED) is 0.748. The maximum Gasteiger partial charge on any atom is 0.198 e. The van der Waals surface area contributed by atoms with E-state index in [9.17, 15) is 10.4 Å². The van der Waals surface area contributed by atoms with Gasteiger partial charge in [-0.15, -0.1) is 0 Å². The molecule has 5 heteroatoms. The van der Waals surface area contributed by atoms with Gasteiger partial charge in [0.2, 0.25) is 0 Å². The molecule has 116 valence electrons. The first-order chi connectivity index (χ1) is 10.9. The number of aromatic nitrogens is 1. The van der Waals surface area contributed by atoms with Gasteiger partial charge in [-0.05, 0) is 30.2 Å². The summed E-state index contributed by atoms with van der Waals surface area (Å²) in [6.07, 6.45) is 0. The Hall–Kier alpha value is -2.87. The van der Waals surface area contributed by atoms with Gasteiger partial charge in [0.25, 0.3) is 0 Å². The van der Waals surface area contributed by atoms with Gasteiger partial charge in [-0.3, -0.25) is 0 Å². The van der Waals surface area contributed by atoms with E-state index in [1.807, 2.05) is 13.8 Å². The Bertz CT molecular complexity index is 952. The van der Waals surface area contributed by atoms with Crippen LogP contribution in [0.3, 0.4) is 0 Å². The fourth-order valence-corrected chi connectivity index (χ4v) is 2.62. The summed E-state index contributed by atoms with van der Waals surface area (Å²) in [5.74, 6) is -0.164. The molecule has 1 heterocycles. The normalized spacial score (nSPS) is 11.1. The monoisotopic (exact) mass is 310 g/mol. The number of phenolic OH excluding ortho intramolecular Hbond substituents is 1. The van der Waals surface area contributed by atoms with Crippen molar-refractivity contribution in [1.82, 2.24) is 4.98 Å². The van der Waals surface area contributed by atoms with E-state index >= 15 is 4.39 Å². The van der Waals surface area contributed by atoms with Gasteiger partial charge in [0.05, 0.1) is 5.56 Å². The van der Waals surface area contributed by atoms with Crippen LogP contribution >= 0.6 is 0 Å². The van der Waals surface area contributed by atoms with Crippen molar-refractivity contribution in [2.24, 2.45) is 0 Å². The Morgan fingerprint density at radius 2 is 2.09 bits per heavy atom. The van der Waals surface area contributed by atoms with E-state index in [4.69, 9.17) is 4.42 Å². The van der Waals surface area contributed by atoms with Crippen LogP contribution in [-0.4, -0.2) is 10.1 Å². The van der Waals surface area contributed by atoms with Gasteiger partial charge in [0.15, 0.2) is 17.3 Å². The molecule has 0 bridgehead atoms. The third-order valence-electron chi connectivity index (χ3n) is 3.79. The zero-order chi connectivity index (χ0) is 16.7. The van der Waals surface area contributed by atoms with Crippen LogP contribution in [0.2, 0.25) is 0 Å². The van der Waals surface area contributed by atoms with Gasteiger partial charge in [-0.25, -0.2) is 9.37 Å². The molecule has 23 heavy (non-hydrogen) atoms. The molecule has 3 aromatic rings. The molecule has 0 unspecified atom stereocenters. The van der Waals surface area contributed by atoms with Gasteiger partial charge in [-0.1, -0.05) is 26.0 Å². The standard InChI is InChI=1S/C18H15FN2O2/c1-9(2)18-21-16-13(8-20)10(3)14(15(19)17(16)23-18)11-5-4-6-12(22)7-11/h4-7,9,22H,1-3H3. The molecule has 0 radical (unpaired) electrons. The minimum atomic E-state index is -0.568. The van der Waals surface area contributed by atoms with Crippen molar-refractivity contribution in [2.45, 2.75) is 26.7 Å². The van der Waals surface area contributed by atoms with Crippen LogP contribution in [0.1, 0.15) is 36.8 Å². The van der Waals surface area contributed by atoms with Crippen LogP contribution in [0.25, 0.3) is 22.2 Å². The Labute approximate surface area is 132 Å². The first-order valence-electron chi connectivity index (χ1n) is 7.26. The molecule has 0 amide bonds. The van der Waals surface area contributed by atoms with E-state index in [1.54, 1.807) is 19.1 Å². The second-order valence-corrected chi connectivity index (χ2v) is 5.74. The number of phenols is 1. The number of rotatable bonds is 2. The number of hydrogen-bond donors (Lipinski definition) is 1. The van der Waals surface area contributed by atoms with Crippen molar-refractivity contribution in [3.8, 4) is 22.9 Å². The van der Waals surface area contributed by atoms with Crippen molar-refractivity contribution >= 4 is 11.1 Å². The Balaban J connectivity index is 2.42. The van der Waals surface area contributed by atoms with Crippen LogP contribution in [0.5, 0.6) is 5.75 Å². The summed E-state index contributed by atoms with van der Waals surface area (Å²) in [5.41, 5.74) is 1.73. The first-order valence-corrected chi connectivity index (χ1v) is 7.26. The minimum absolute atomic E-state index is 0.0159. The van der Waals surface area contributed by atoms with Gasteiger partial charge in [0.1, 0.15) is 17.3 Å². The number of aromatic hydroxyl groups is 1. The fraction of sp³-hybridized carbons (Fsp3) is 0.222. The molecule has 4 nitrogen and oxygen atoms in total. The van der Waals surface area contributed by atoms with Crippen molar-refractivity contribution < 1.29 is 13.9 Å². The van der Waals surface area contributed by atoms with Crippen molar-refractivity contribution in [3.63, 3.8) is 0 Å². The van der Waals surface area contributed by atoms with E-state index in [1.165, 1.54) is 12.1 Å². The highest BCUT2D eigenvalue weighted by atomic mass is 19.1. The van der Waals surface area contributed by atoms with Crippen molar-refractivity contribution in [1.29, 1.82) is 5.26 Å². The van der Waals surface area contributed by atoms with Crippen molar-refractivity contribution in [3.05, 3.63) is 47.1 Å². The van der Waals surface area contributed by atoms with Gasteiger partial charge < -0.3 is 9.52 Å². The molecule has 0 aliphatic rings. The number of fused-ring (bicyclic) bond motifs is 1. The predicted octanol–water partition coefficient (Wildman–Crippen LogP) is 4.64. The molecule has 2 aromatic carbocycles. The van der Waals surface area contributed by atoms with Crippen LogP contribution in [-0.2, 0) is 0 Å². The maximum atomic E-state index is 15.0. The molecule has 0 saturated heterocycles. The first kappa shape index (κ1) is 15.0. The molecule has 0 spiro atoms. The van der Waals surface area contributed by atoms with E-state index in [0.29, 0.717) is 17.0 Å². The summed E-state index contributed by atoms with van der Waals surface area (Å²) in [6.45, 7) is 5.44. The second kappa shape index (κ2) is 5.40. The van der Waals surface area contributed by atoms with E-state index in [2.05, 4.69) is 11.1 Å². The number of hydrogen-bond acceptors (Lipinski definition) is 4. The largest absolute Gasteiger partial charge is 0.508 e.